The summed E-state index contributed by atoms with van der Waals surface area (Å²) in [6, 6.07) is 17.8. The summed E-state index contributed by atoms with van der Waals surface area (Å²) in [6.07, 6.45) is 1.89. The summed E-state index contributed by atoms with van der Waals surface area (Å²) >= 11 is 13.0. The quantitative estimate of drug-likeness (QED) is 0.108. The average Bonchev–Trinajstić information content (AvgIpc) is 3.27. The number of halogens is 1. The highest BCUT2D eigenvalue weighted by molar-refractivity contribution is 7.99. The molecule has 11 heteroatoms. The first-order valence-electron chi connectivity index (χ1n) is 11.4. The van der Waals surface area contributed by atoms with Crippen molar-refractivity contribution in [1.29, 1.82) is 0 Å². The van der Waals surface area contributed by atoms with E-state index in [-0.39, 0.29) is 0 Å². The molecule has 0 atom stereocenters. The van der Waals surface area contributed by atoms with E-state index < -0.39 is 0 Å². The summed E-state index contributed by atoms with van der Waals surface area (Å²) in [5.74, 6) is 1.62. The Balaban J connectivity index is 1.40. The van der Waals surface area contributed by atoms with E-state index in [0.717, 1.165) is 35.1 Å². The Labute approximate surface area is 219 Å². The smallest absolute Gasteiger partial charge is 0.191 e. The standard InChI is InChI=1S/C24H27ClN8S2/c1-2-15-35-24-29-21(26-12-13-27-23(34)28-19-10-6-9-18(25)16-19)20-22(30-24)33(32-31-20)14-11-17-7-4-3-5-8-17/h3-10,16H,2,11-15H2,1H3,(H,26,29,30)(H2,27,28,34). The molecule has 0 aliphatic rings. The Hall–Kier alpha value is -2.95. The van der Waals surface area contributed by atoms with E-state index in [1.807, 2.05) is 47.1 Å². The van der Waals surface area contributed by atoms with Gasteiger partial charge in [-0.2, -0.15) is 0 Å². The van der Waals surface area contributed by atoms with Crippen molar-refractivity contribution in [2.24, 2.45) is 0 Å². The van der Waals surface area contributed by atoms with E-state index in [4.69, 9.17) is 33.8 Å². The Morgan fingerprint density at radius 3 is 2.74 bits per heavy atom. The summed E-state index contributed by atoms with van der Waals surface area (Å²) in [5.41, 5.74) is 3.49. The molecule has 0 amide bonds. The molecule has 0 unspecified atom stereocenters. The van der Waals surface area contributed by atoms with Crippen LogP contribution >= 0.6 is 35.6 Å². The maximum Gasteiger partial charge on any atom is 0.191 e. The van der Waals surface area contributed by atoms with Crippen molar-refractivity contribution in [1.82, 2.24) is 30.3 Å². The highest BCUT2D eigenvalue weighted by atomic mass is 35.5. The van der Waals surface area contributed by atoms with Gasteiger partial charge in [0.25, 0.3) is 0 Å². The lowest BCUT2D eigenvalue weighted by atomic mass is 10.1. The van der Waals surface area contributed by atoms with Crippen molar-refractivity contribution in [3.8, 4) is 0 Å². The number of nitrogens with zero attached hydrogens (tertiary/aromatic N) is 5. The van der Waals surface area contributed by atoms with Crippen LogP contribution in [0.2, 0.25) is 5.02 Å². The van der Waals surface area contributed by atoms with Gasteiger partial charge in [0.15, 0.2) is 27.3 Å². The van der Waals surface area contributed by atoms with Gasteiger partial charge in [-0.3, -0.25) is 0 Å². The molecule has 0 spiro atoms. The molecule has 35 heavy (non-hydrogen) atoms. The number of fused-ring (bicyclic) bond motifs is 1. The van der Waals surface area contributed by atoms with Crippen molar-refractivity contribution in [2.45, 2.75) is 31.5 Å². The van der Waals surface area contributed by atoms with Gasteiger partial charge < -0.3 is 16.0 Å². The van der Waals surface area contributed by atoms with Crippen molar-refractivity contribution >= 4 is 63.4 Å². The van der Waals surface area contributed by atoms with Gasteiger partial charge in [0.1, 0.15) is 0 Å². The van der Waals surface area contributed by atoms with Crippen molar-refractivity contribution in [3.05, 3.63) is 65.2 Å². The Bertz CT molecular complexity index is 1270. The molecule has 2 aromatic heterocycles. The molecule has 0 bridgehead atoms. The highest BCUT2D eigenvalue weighted by Gasteiger charge is 2.15. The minimum Gasteiger partial charge on any atom is -0.366 e. The number of benzene rings is 2. The molecule has 0 aliphatic carbocycles. The summed E-state index contributed by atoms with van der Waals surface area (Å²) in [7, 11) is 0. The Morgan fingerprint density at radius 1 is 1.09 bits per heavy atom. The number of thiocarbonyl (C=S) groups is 1. The third kappa shape index (κ3) is 7.27. The van der Waals surface area contributed by atoms with Crippen LogP contribution in [0.4, 0.5) is 11.5 Å². The maximum absolute atomic E-state index is 6.03. The summed E-state index contributed by atoms with van der Waals surface area (Å²) in [4.78, 5) is 9.45. The third-order valence-electron chi connectivity index (χ3n) is 5.02. The topological polar surface area (TPSA) is 92.6 Å². The van der Waals surface area contributed by atoms with Crippen LogP contribution in [0, 0.1) is 0 Å². The van der Waals surface area contributed by atoms with Gasteiger partial charge in [-0.15, -0.1) is 5.10 Å². The van der Waals surface area contributed by atoms with Gasteiger partial charge in [0, 0.05) is 36.1 Å². The summed E-state index contributed by atoms with van der Waals surface area (Å²) < 4.78 is 1.85. The zero-order chi connectivity index (χ0) is 24.5. The number of aromatic nitrogens is 5. The second kappa shape index (κ2) is 12.7. The molecule has 4 aromatic rings. The van der Waals surface area contributed by atoms with E-state index >= 15 is 0 Å². The second-order valence-electron chi connectivity index (χ2n) is 7.74. The number of hydrogen-bond acceptors (Lipinski definition) is 7. The monoisotopic (exact) mass is 526 g/mol. The first-order valence-corrected chi connectivity index (χ1v) is 13.2. The number of nitrogens with one attached hydrogen (secondary N) is 3. The van der Waals surface area contributed by atoms with Gasteiger partial charge in [0.2, 0.25) is 0 Å². The molecule has 4 rings (SSSR count). The lowest BCUT2D eigenvalue weighted by Gasteiger charge is -2.12. The fourth-order valence-corrected chi connectivity index (χ4v) is 4.45. The first kappa shape index (κ1) is 25.2. The minimum absolute atomic E-state index is 0.521. The molecule has 8 nitrogen and oxygen atoms in total. The molecule has 0 radical (unpaired) electrons. The fraction of sp³-hybridized carbons (Fsp3) is 0.292. The van der Waals surface area contributed by atoms with E-state index in [9.17, 15) is 0 Å². The third-order valence-corrected chi connectivity index (χ3v) is 6.55. The van der Waals surface area contributed by atoms with Crippen LogP contribution in [0.15, 0.2) is 59.8 Å². The molecule has 0 aliphatic heterocycles. The van der Waals surface area contributed by atoms with E-state index in [1.54, 1.807) is 11.8 Å². The normalized spacial score (nSPS) is 10.9. The van der Waals surface area contributed by atoms with Gasteiger partial charge in [-0.25, -0.2) is 14.6 Å². The van der Waals surface area contributed by atoms with Gasteiger partial charge in [-0.1, -0.05) is 71.9 Å². The van der Waals surface area contributed by atoms with Crippen molar-refractivity contribution < 1.29 is 0 Å². The van der Waals surface area contributed by atoms with Crippen LogP contribution in [0.1, 0.15) is 18.9 Å². The maximum atomic E-state index is 6.03. The van der Waals surface area contributed by atoms with E-state index in [2.05, 4.69) is 45.3 Å². The molecule has 2 heterocycles. The van der Waals surface area contributed by atoms with E-state index in [0.29, 0.717) is 41.1 Å². The largest absolute Gasteiger partial charge is 0.366 e. The molecule has 0 saturated carbocycles. The van der Waals surface area contributed by atoms with Crippen molar-refractivity contribution in [3.63, 3.8) is 0 Å². The van der Waals surface area contributed by atoms with Crippen LogP contribution in [0.5, 0.6) is 0 Å². The molecular formula is C24H27ClN8S2. The number of aryl methyl sites for hydroxylation is 2. The predicted octanol–water partition coefficient (Wildman–Crippen LogP) is 5.02. The highest BCUT2D eigenvalue weighted by Crippen LogP contribution is 2.23. The number of rotatable bonds is 11. The van der Waals surface area contributed by atoms with Crippen LogP contribution in [-0.4, -0.2) is 48.9 Å². The molecular weight excluding hydrogens is 500 g/mol. The lowest BCUT2D eigenvalue weighted by Crippen LogP contribution is -2.32. The second-order valence-corrected chi connectivity index (χ2v) is 9.65. The summed E-state index contributed by atoms with van der Waals surface area (Å²) in [6.45, 7) is 4.03. The summed E-state index contributed by atoms with van der Waals surface area (Å²) in [5, 5.41) is 20.3. The zero-order valence-corrected chi connectivity index (χ0v) is 21.8. The average molecular weight is 527 g/mol. The Morgan fingerprint density at radius 2 is 1.94 bits per heavy atom. The predicted molar refractivity (Wildman–Crippen MR) is 148 cm³/mol. The van der Waals surface area contributed by atoms with Gasteiger partial charge in [0.05, 0.1) is 0 Å². The molecule has 182 valence electrons. The first-order chi connectivity index (χ1) is 17.1. The lowest BCUT2D eigenvalue weighted by molar-refractivity contribution is 0.600. The Kier molecular flexibility index (Phi) is 9.10. The fourth-order valence-electron chi connectivity index (χ4n) is 3.35. The zero-order valence-electron chi connectivity index (χ0n) is 19.4. The van der Waals surface area contributed by atoms with Gasteiger partial charge in [-0.05, 0) is 48.8 Å². The number of thioether (sulfide) groups is 1. The van der Waals surface area contributed by atoms with Crippen molar-refractivity contribution in [2.75, 3.05) is 29.5 Å². The van der Waals surface area contributed by atoms with E-state index in [1.165, 1.54) is 5.56 Å². The number of anilines is 2. The molecule has 3 N–H and O–H groups in total. The minimum atomic E-state index is 0.521. The molecule has 2 aromatic carbocycles. The van der Waals surface area contributed by atoms with Crippen LogP contribution in [0.25, 0.3) is 11.2 Å². The SMILES string of the molecule is CCCSc1nc(NCCNC(=S)Nc2cccc(Cl)c2)c2nnn(CCc3ccccc3)c2n1. The molecule has 0 saturated heterocycles. The van der Waals surface area contributed by atoms with Crippen LogP contribution in [-0.2, 0) is 13.0 Å². The molecule has 0 fully saturated rings. The van der Waals surface area contributed by atoms with Gasteiger partial charge >= 0.3 is 0 Å². The number of hydrogen-bond donors (Lipinski definition) is 3. The van der Waals surface area contributed by atoms with Crippen LogP contribution < -0.4 is 16.0 Å². The van der Waals surface area contributed by atoms with Crippen LogP contribution in [0.3, 0.4) is 0 Å².